The van der Waals surface area contributed by atoms with E-state index in [9.17, 15) is 4.79 Å². The number of hydrogen-bond donors (Lipinski definition) is 1. The predicted octanol–water partition coefficient (Wildman–Crippen LogP) is 3.62. The average molecular weight is 210 g/mol. The lowest BCUT2D eigenvalue weighted by Gasteiger charge is -2.37. The molecule has 0 saturated heterocycles. The highest BCUT2D eigenvalue weighted by molar-refractivity contribution is 5.67. The Kier molecular flexibility index (Phi) is 3.95. The quantitative estimate of drug-likeness (QED) is 0.719. The van der Waals surface area contributed by atoms with Gasteiger partial charge >= 0.3 is 5.97 Å². The Labute approximate surface area is 92.4 Å². The lowest BCUT2D eigenvalue weighted by atomic mass is 9.68. The van der Waals surface area contributed by atoms with Crippen LogP contribution in [-0.2, 0) is 4.79 Å². The van der Waals surface area contributed by atoms with Crippen LogP contribution in [0.2, 0.25) is 0 Å². The van der Waals surface area contributed by atoms with Gasteiger partial charge in [-0.1, -0.05) is 26.0 Å². The van der Waals surface area contributed by atoms with Crippen LogP contribution in [0.25, 0.3) is 0 Å². The van der Waals surface area contributed by atoms with Gasteiger partial charge in [0.1, 0.15) is 0 Å². The van der Waals surface area contributed by atoms with Crippen molar-refractivity contribution in [2.45, 2.75) is 52.4 Å². The molecule has 1 saturated carbocycles. The van der Waals surface area contributed by atoms with Gasteiger partial charge in [0.05, 0.1) is 6.42 Å². The van der Waals surface area contributed by atoms with Gasteiger partial charge in [-0.2, -0.15) is 0 Å². The fraction of sp³-hybridized carbons (Fsp3) is 0.769. The summed E-state index contributed by atoms with van der Waals surface area (Å²) in [6.07, 6.45) is 5.68. The van der Waals surface area contributed by atoms with Crippen LogP contribution >= 0.6 is 0 Å². The summed E-state index contributed by atoms with van der Waals surface area (Å²) in [6, 6.07) is 0. The first-order chi connectivity index (χ1) is 6.97. The molecule has 0 aromatic heterocycles. The zero-order valence-electron chi connectivity index (χ0n) is 9.88. The van der Waals surface area contributed by atoms with Gasteiger partial charge in [0.15, 0.2) is 0 Å². The van der Waals surface area contributed by atoms with Crippen LogP contribution in [-0.4, -0.2) is 11.1 Å². The number of allylic oxidation sites excluding steroid dienone is 1. The van der Waals surface area contributed by atoms with E-state index in [4.69, 9.17) is 5.11 Å². The van der Waals surface area contributed by atoms with Gasteiger partial charge in [0.2, 0.25) is 0 Å². The molecule has 0 amide bonds. The van der Waals surface area contributed by atoms with E-state index < -0.39 is 5.97 Å². The molecule has 1 N–H and O–H groups in total. The van der Waals surface area contributed by atoms with Gasteiger partial charge in [-0.25, -0.2) is 0 Å². The van der Waals surface area contributed by atoms with Crippen LogP contribution in [0.5, 0.6) is 0 Å². The van der Waals surface area contributed by atoms with E-state index in [0.29, 0.717) is 12.3 Å². The van der Waals surface area contributed by atoms with E-state index in [1.165, 1.54) is 5.57 Å². The standard InChI is InChI=1S/C13H22O2/c1-4-10(2)11-5-7-13(3,8-6-11)9-12(14)15/h11H,2,4-9H2,1,3H3,(H,14,15). The second-order valence-electron chi connectivity index (χ2n) is 5.17. The molecule has 86 valence electrons. The van der Waals surface area contributed by atoms with E-state index >= 15 is 0 Å². The Hall–Kier alpha value is -0.790. The lowest BCUT2D eigenvalue weighted by molar-refractivity contribution is -0.140. The van der Waals surface area contributed by atoms with Crippen molar-refractivity contribution in [3.8, 4) is 0 Å². The fourth-order valence-corrected chi connectivity index (χ4v) is 2.55. The highest BCUT2D eigenvalue weighted by atomic mass is 16.4. The maximum atomic E-state index is 10.7. The molecular formula is C13H22O2. The second-order valence-corrected chi connectivity index (χ2v) is 5.17. The summed E-state index contributed by atoms with van der Waals surface area (Å²) >= 11 is 0. The molecule has 1 aliphatic rings. The highest BCUT2D eigenvalue weighted by Gasteiger charge is 2.33. The van der Waals surface area contributed by atoms with E-state index in [0.717, 1.165) is 32.1 Å². The van der Waals surface area contributed by atoms with E-state index in [2.05, 4.69) is 20.4 Å². The molecule has 0 atom stereocenters. The molecule has 1 rings (SSSR count). The second kappa shape index (κ2) is 4.82. The zero-order valence-corrected chi connectivity index (χ0v) is 9.88. The molecule has 15 heavy (non-hydrogen) atoms. The van der Waals surface area contributed by atoms with Crippen molar-refractivity contribution in [2.75, 3.05) is 0 Å². The van der Waals surface area contributed by atoms with Crippen LogP contribution in [0.3, 0.4) is 0 Å². The van der Waals surface area contributed by atoms with Gasteiger partial charge in [0.25, 0.3) is 0 Å². The van der Waals surface area contributed by atoms with Crippen LogP contribution in [0.4, 0.5) is 0 Å². The van der Waals surface area contributed by atoms with Gasteiger partial charge in [-0.05, 0) is 43.4 Å². The predicted molar refractivity (Wildman–Crippen MR) is 61.7 cm³/mol. The third kappa shape index (κ3) is 3.37. The number of carboxylic acids is 1. The summed E-state index contributed by atoms with van der Waals surface area (Å²) in [5, 5.41) is 8.83. The monoisotopic (exact) mass is 210 g/mol. The lowest BCUT2D eigenvalue weighted by Crippen LogP contribution is -2.27. The largest absolute Gasteiger partial charge is 0.481 e. The molecule has 2 heteroatoms. The first kappa shape index (κ1) is 12.3. The van der Waals surface area contributed by atoms with Crippen LogP contribution in [0, 0.1) is 11.3 Å². The van der Waals surface area contributed by atoms with Crippen LogP contribution in [0.1, 0.15) is 52.4 Å². The van der Waals surface area contributed by atoms with Gasteiger partial charge in [-0.3, -0.25) is 4.79 Å². The van der Waals surface area contributed by atoms with Crippen molar-refractivity contribution < 1.29 is 9.90 Å². The Bertz CT molecular complexity index is 247. The molecule has 0 aromatic rings. The van der Waals surface area contributed by atoms with Gasteiger partial charge in [0, 0.05) is 0 Å². The molecule has 1 aliphatic carbocycles. The topological polar surface area (TPSA) is 37.3 Å². The smallest absolute Gasteiger partial charge is 0.303 e. The molecule has 0 spiro atoms. The Balaban J connectivity index is 2.47. The Morgan fingerprint density at radius 3 is 2.40 bits per heavy atom. The van der Waals surface area contributed by atoms with Crippen molar-refractivity contribution in [1.82, 2.24) is 0 Å². The number of aliphatic carboxylic acids is 1. The molecule has 0 bridgehead atoms. The third-order valence-corrected chi connectivity index (χ3v) is 3.80. The maximum absolute atomic E-state index is 10.7. The SMILES string of the molecule is C=C(CC)C1CCC(C)(CC(=O)O)CC1. The summed E-state index contributed by atoms with van der Waals surface area (Å²) in [5.74, 6) is -0.0258. The average Bonchev–Trinajstić information content (AvgIpc) is 2.16. The summed E-state index contributed by atoms with van der Waals surface area (Å²) in [6.45, 7) is 8.34. The van der Waals surface area contributed by atoms with E-state index in [1.807, 2.05) is 0 Å². The Morgan fingerprint density at radius 2 is 2.00 bits per heavy atom. The number of carbonyl (C=O) groups is 1. The molecule has 1 fully saturated rings. The van der Waals surface area contributed by atoms with Gasteiger partial charge < -0.3 is 5.11 Å². The van der Waals surface area contributed by atoms with Crippen molar-refractivity contribution in [3.05, 3.63) is 12.2 Å². The summed E-state index contributed by atoms with van der Waals surface area (Å²) in [7, 11) is 0. The minimum Gasteiger partial charge on any atom is -0.481 e. The third-order valence-electron chi connectivity index (χ3n) is 3.80. The van der Waals surface area contributed by atoms with Crippen molar-refractivity contribution in [1.29, 1.82) is 0 Å². The molecule has 0 radical (unpaired) electrons. The molecule has 2 nitrogen and oxygen atoms in total. The van der Waals surface area contributed by atoms with Gasteiger partial charge in [-0.15, -0.1) is 0 Å². The van der Waals surface area contributed by atoms with Crippen molar-refractivity contribution >= 4 is 5.97 Å². The summed E-state index contributed by atoms with van der Waals surface area (Å²) < 4.78 is 0. The van der Waals surface area contributed by atoms with E-state index in [1.54, 1.807) is 0 Å². The number of rotatable bonds is 4. The minimum atomic E-state index is -0.662. The van der Waals surface area contributed by atoms with Crippen LogP contribution < -0.4 is 0 Å². The molecule has 0 aromatic carbocycles. The normalized spacial score (nSPS) is 31.2. The van der Waals surface area contributed by atoms with Crippen LogP contribution in [0.15, 0.2) is 12.2 Å². The fourth-order valence-electron chi connectivity index (χ4n) is 2.55. The Morgan fingerprint density at radius 1 is 1.47 bits per heavy atom. The minimum absolute atomic E-state index is 0.0242. The molecule has 0 unspecified atom stereocenters. The van der Waals surface area contributed by atoms with Crippen molar-refractivity contribution in [2.24, 2.45) is 11.3 Å². The number of hydrogen-bond acceptors (Lipinski definition) is 1. The highest BCUT2D eigenvalue weighted by Crippen LogP contribution is 2.43. The summed E-state index contributed by atoms with van der Waals surface area (Å²) in [4.78, 5) is 10.7. The number of carboxylic acid groups (broad SMARTS) is 1. The molecule has 0 aliphatic heterocycles. The van der Waals surface area contributed by atoms with Crippen molar-refractivity contribution in [3.63, 3.8) is 0 Å². The zero-order chi connectivity index (χ0) is 11.5. The first-order valence-electron chi connectivity index (χ1n) is 5.86. The first-order valence-corrected chi connectivity index (χ1v) is 5.86. The molecular weight excluding hydrogens is 188 g/mol. The maximum Gasteiger partial charge on any atom is 0.303 e. The summed E-state index contributed by atoms with van der Waals surface area (Å²) in [5.41, 5.74) is 1.36. The molecule has 0 heterocycles. The van der Waals surface area contributed by atoms with E-state index in [-0.39, 0.29) is 5.41 Å².